The molecule has 0 aliphatic rings. The van der Waals surface area contributed by atoms with Gasteiger partial charge in [-0.2, -0.15) is 0 Å². The van der Waals surface area contributed by atoms with Crippen molar-refractivity contribution in [3.8, 4) is 0 Å². The second kappa shape index (κ2) is 6.01. The van der Waals surface area contributed by atoms with Crippen molar-refractivity contribution in [2.24, 2.45) is 0 Å². The molecule has 2 nitrogen and oxygen atoms in total. The first-order valence-corrected chi connectivity index (χ1v) is 6.41. The summed E-state index contributed by atoms with van der Waals surface area (Å²) in [6.07, 6.45) is -1.03. The molecule has 0 aromatic heterocycles. The molecule has 2 aromatic rings. The van der Waals surface area contributed by atoms with Crippen LogP contribution in [0.25, 0.3) is 0 Å². The summed E-state index contributed by atoms with van der Waals surface area (Å²) in [4.78, 5) is 0. The molecule has 0 saturated carbocycles. The molecule has 0 saturated heterocycles. The topological polar surface area (TPSA) is 32.3 Å². The summed E-state index contributed by atoms with van der Waals surface area (Å²) in [6, 6.07) is 9.01. The standard InChI is InChI=1S/C16H17F2NO/c1-10-3-5-13(7-11(10)2)19-9-16(20)14-6-4-12(17)8-15(14)18/h3-8,16,19-20H,9H2,1-2H3. The van der Waals surface area contributed by atoms with E-state index in [9.17, 15) is 13.9 Å². The molecular formula is C16H17F2NO. The molecule has 1 atom stereocenters. The van der Waals surface area contributed by atoms with E-state index in [2.05, 4.69) is 5.32 Å². The van der Waals surface area contributed by atoms with Crippen LogP contribution in [0.3, 0.4) is 0 Å². The summed E-state index contributed by atoms with van der Waals surface area (Å²) < 4.78 is 26.3. The summed E-state index contributed by atoms with van der Waals surface area (Å²) in [5.74, 6) is -1.39. The number of aliphatic hydroxyl groups excluding tert-OH is 1. The van der Waals surface area contributed by atoms with Crippen molar-refractivity contribution >= 4 is 5.69 Å². The van der Waals surface area contributed by atoms with Gasteiger partial charge in [0.1, 0.15) is 11.6 Å². The van der Waals surface area contributed by atoms with E-state index in [1.165, 1.54) is 11.6 Å². The Morgan fingerprint density at radius 2 is 1.80 bits per heavy atom. The third kappa shape index (κ3) is 3.33. The Balaban J connectivity index is 2.04. The first-order valence-electron chi connectivity index (χ1n) is 6.41. The number of benzene rings is 2. The van der Waals surface area contributed by atoms with E-state index in [1.807, 2.05) is 32.0 Å². The van der Waals surface area contributed by atoms with Crippen LogP contribution in [0.2, 0.25) is 0 Å². The van der Waals surface area contributed by atoms with E-state index in [0.717, 1.165) is 23.4 Å². The van der Waals surface area contributed by atoms with Crippen molar-refractivity contribution in [2.75, 3.05) is 11.9 Å². The van der Waals surface area contributed by atoms with Crippen LogP contribution in [0.5, 0.6) is 0 Å². The van der Waals surface area contributed by atoms with Crippen LogP contribution in [0.4, 0.5) is 14.5 Å². The van der Waals surface area contributed by atoms with E-state index in [-0.39, 0.29) is 12.1 Å². The summed E-state index contributed by atoms with van der Waals surface area (Å²) >= 11 is 0. The van der Waals surface area contributed by atoms with E-state index in [4.69, 9.17) is 0 Å². The zero-order chi connectivity index (χ0) is 14.7. The van der Waals surface area contributed by atoms with Crippen LogP contribution in [-0.4, -0.2) is 11.7 Å². The number of rotatable bonds is 4. The number of halogens is 2. The average Bonchev–Trinajstić information content (AvgIpc) is 2.40. The molecule has 0 heterocycles. The lowest BCUT2D eigenvalue weighted by Crippen LogP contribution is -2.13. The van der Waals surface area contributed by atoms with Crippen LogP contribution in [0, 0.1) is 25.5 Å². The lowest BCUT2D eigenvalue weighted by Gasteiger charge is -2.14. The van der Waals surface area contributed by atoms with E-state index in [0.29, 0.717) is 0 Å². The van der Waals surface area contributed by atoms with Crippen LogP contribution in [0.15, 0.2) is 36.4 Å². The largest absolute Gasteiger partial charge is 0.386 e. The quantitative estimate of drug-likeness (QED) is 0.892. The van der Waals surface area contributed by atoms with Crippen molar-refractivity contribution in [3.05, 3.63) is 64.7 Å². The SMILES string of the molecule is Cc1ccc(NCC(O)c2ccc(F)cc2F)cc1C. The van der Waals surface area contributed by atoms with Crippen LogP contribution in [-0.2, 0) is 0 Å². The highest BCUT2D eigenvalue weighted by atomic mass is 19.1. The maximum Gasteiger partial charge on any atom is 0.131 e. The van der Waals surface area contributed by atoms with E-state index < -0.39 is 17.7 Å². The number of hydrogen-bond acceptors (Lipinski definition) is 2. The monoisotopic (exact) mass is 277 g/mol. The Labute approximate surface area is 117 Å². The predicted molar refractivity (Wildman–Crippen MR) is 75.7 cm³/mol. The zero-order valence-electron chi connectivity index (χ0n) is 11.5. The van der Waals surface area contributed by atoms with E-state index >= 15 is 0 Å². The molecule has 0 fully saturated rings. The minimum absolute atomic E-state index is 0.0859. The predicted octanol–water partition coefficient (Wildman–Crippen LogP) is 3.73. The lowest BCUT2D eigenvalue weighted by atomic mass is 10.1. The molecule has 2 N–H and O–H groups in total. The molecule has 0 aliphatic heterocycles. The van der Waals surface area contributed by atoms with Crippen LogP contribution >= 0.6 is 0 Å². The van der Waals surface area contributed by atoms with Gasteiger partial charge in [-0.3, -0.25) is 0 Å². The number of nitrogens with one attached hydrogen (secondary N) is 1. The molecule has 0 spiro atoms. The number of aryl methyl sites for hydroxylation is 2. The summed E-state index contributed by atoms with van der Waals surface area (Å²) in [7, 11) is 0. The smallest absolute Gasteiger partial charge is 0.131 e. The fraction of sp³-hybridized carbons (Fsp3) is 0.250. The van der Waals surface area contributed by atoms with Gasteiger partial charge in [0, 0.05) is 23.9 Å². The second-order valence-corrected chi connectivity index (χ2v) is 4.86. The van der Waals surface area contributed by atoms with Gasteiger partial charge in [-0.25, -0.2) is 8.78 Å². The minimum Gasteiger partial charge on any atom is -0.386 e. The summed E-state index contributed by atoms with van der Waals surface area (Å²) in [5.41, 5.74) is 3.26. The van der Waals surface area contributed by atoms with Crippen molar-refractivity contribution < 1.29 is 13.9 Å². The Morgan fingerprint density at radius 3 is 2.45 bits per heavy atom. The highest BCUT2D eigenvalue weighted by molar-refractivity contribution is 5.48. The summed E-state index contributed by atoms with van der Waals surface area (Å²) in [5, 5.41) is 13.0. The Hall–Kier alpha value is -1.94. The van der Waals surface area contributed by atoms with E-state index in [1.54, 1.807) is 0 Å². The Morgan fingerprint density at radius 1 is 1.05 bits per heavy atom. The van der Waals surface area contributed by atoms with Crippen molar-refractivity contribution in [1.29, 1.82) is 0 Å². The Kier molecular flexibility index (Phi) is 4.35. The van der Waals surface area contributed by atoms with Crippen molar-refractivity contribution in [3.63, 3.8) is 0 Å². The molecule has 1 unspecified atom stereocenters. The maximum absolute atomic E-state index is 13.5. The van der Waals surface area contributed by atoms with Gasteiger partial charge in [-0.05, 0) is 43.2 Å². The summed E-state index contributed by atoms with van der Waals surface area (Å²) in [6.45, 7) is 4.17. The Bertz CT molecular complexity index is 613. The minimum atomic E-state index is -1.03. The molecular weight excluding hydrogens is 260 g/mol. The van der Waals surface area contributed by atoms with Gasteiger partial charge in [0.05, 0.1) is 6.10 Å². The molecule has 0 amide bonds. The van der Waals surface area contributed by atoms with Gasteiger partial charge in [0.2, 0.25) is 0 Å². The number of hydrogen-bond donors (Lipinski definition) is 2. The molecule has 0 aliphatic carbocycles. The van der Waals surface area contributed by atoms with Gasteiger partial charge >= 0.3 is 0 Å². The van der Waals surface area contributed by atoms with Gasteiger partial charge in [-0.1, -0.05) is 12.1 Å². The third-order valence-electron chi connectivity index (χ3n) is 3.33. The molecule has 0 bridgehead atoms. The average molecular weight is 277 g/mol. The molecule has 106 valence electrons. The normalized spacial score (nSPS) is 12.2. The highest BCUT2D eigenvalue weighted by Crippen LogP contribution is 2.20. The molecule has 4 heteroatoms. The van der Waals surface area contributed by atoms with Gasteiger partial charge < -0.3 is 10.4 Å². The molecule has 0 radical (unpaired) electrons. The molecule has 20 heavy (non-hydrogen) atoms. The number of aliphatic hydroxyl groups is 1. The van der Waals surface area contributed by atoms with Gasteiger partial charge in [0.15, 0.2) is 0 Å². The first kappa shape index (κ1) is 14.5. The van der Waals surface area contributed by atoms with Crippen LogP contribution in [0.1, 0.15) is 22.8 Å². The fourth-order valence-electron chi connectivity index (χ4n) is 1.95. The molecule has 2 aromatic carbocycles. The first-order chi connectivity index (χ1) is 9.47. The second-order valence-electron chi connectivity index (χ2n) is 4.86. The van der Waals surface area contributed by atoms with Gasteiger partial charge in [0.25, 0.3) is 0 Å². The number of anilines is 1. The van der Waals surface area contributed by atoms with Crippen molar-refractivity contribution in [2.45, 2.75) is 20.0 Å². The fourth-order valence-corrected chi connectivity index (χ4v) is 1.95. The maximum atomic E-state index is 13.5. The van der Waals surface area contributed by atoms with Crippen LogP contribution < -0.4 is 5.32 Å². The highest BCUT2D eigenvalue weighted by Gasteiger charge is 2.13. The zero-order valence-corrected chi connectivity index (χ0v) is 11.5. The third-order valence-corrected chi connectivity index (χ3v) is 3.33. The lowest BCUT2D eigenvalue weighted by molar-refractivity contribution is 0.186. The van der Waals surface area contributed by atoms with Crippen molar-refractivity contribution in [1.82, 2.24) is 0 Å². The van der Waals surface area contributed by atoms with Gasteiger partial charge in [-0.15, -0.1) is 0 Å². The molecule has 2 rings (SSSR count).